The Morgan fingerprint density at radius 2 is 1.91 bits per heavy atom. The summed E-state index contributed by atoms with van der Waals surface area (Å²) in [5.41, 5.74) is 14.3. The lowest BCUT2D eigenvalue weighted by atomic mass is 9.68. The first-order valence-electron chi connectivity index (χ1n) is 13.3. The summed E-state index contributed by atoms with van der Waals surface area (Å²) >= 11 is 2.35. The van der Waals surface area contributed by atoms with E-state index in [1.807, 2.05) is 32.0 Å². The maximum absolute atomic E-state index is 13.8. The number of nitriles is 1. The summed E-state index contributed by atoms with van der Waals surface area (Å²) in [6.45, 7) is 4.03. The molecule has 0 spiro atoms. The standard InChI is InChI=1S/C30H29N7O4S2/c1-30(2)12-20-25(21(38)13-30)24(17-9-5-7-11-22(17)41-3)18(14-31)26(32)37(20)28-35-36-29(43-28)42-15-23(39)34-19-10-6-4-8-16(19)27(33)40/h4-11,24H,12-13,15,32H2,1-3H3,(H2,33,40)(H,34,39). The highest BCUT2D eigenvalue weighted by Gasteiger charge is 2.46. The summed E-state index contributed by atoms with van der Waals surface area (Å²) in [4.78, 5) is 39.8. The molecular weight excluding hydrogens is 587 g/mol. The summed E-state index contributed by atoms with van der Waals surface area (Å²) in [6.07, 6.45) is 0.831. The van der Waals surface area contributed by atoms with Crippen molar-refractivity contribution in [2.75, 3.05) is 23.1 Å². The number of nitrogens with zero attached hydrogens (tertiary/aromatic N) is 4. The number of benzene rings is 2. The molecule has 1 unspecified atom stereocenters. The summed E-state index contributed by atoms with van der Waals surface area (Å²) in [7, 11) is 1.55. The number of para-hydroxylation sites is 2. The van der Waals surface area contributed by atoms with Gasteiger partial charge in [-0.15, -0.1) is 10.2 Å². The third-order valence-corrected chi connectivity index (χ3v) is 9.25. The first-order chi connectivity index (χ1) is 20.5. The number of ether oxygens (including phenoxy) is 1. The molecule has 0 saturated carbocycles. The number of anilines is 2. The molecule has 0 fully saturated rings. The van der Waals surface area contributed by atoms with Gasteiger partial charge in [0.05, 0.1) is 41.7 Å². The second-order valence-electron chi connectivity index (χ2n) is 10.8. The summed E-state index contributed by atoms with van der Waals surface area (Å²) < 4.78 is 6.08. The highest BCUT2D eigenvalue weighted by molar-refractivity contribution is 8.01. The number of ketones is 1. The predicted molar refractivity (Wildman–Crippen MR) is 164 cm³/mol. The molecule has 43 heavy (non-hydrogen) atoms. The third-order valence-electron chi connectivity index (χ3n) is 7.21. The van der Waals surface area contributed by atoms with E-state index in [0.29, 0.717) is 50.6 Å². The van der Waals surface area contributed by atoms with E-state index in [1.165, 1.54) is 17.4 Å². The number of carbonyl (C=O) groups excluding carboxylic acids is 3. The fourth-order valence-electron chi connectivity index (χ4n) is 5.41. The number of allylic oxidation sites excluding steroid dienone is 3. The topological polar surface area (TPSA) is 177 Å². The summed E-state index contributed by atoms with van der Waals surface area (Å²) in [6, 6.07) is 16.0. The zero-order chi connectivity index (χ0) is 30.9. The molecule has 2 amide bonds. The summed E-state index contributed by atoms with van der Waals surface area (Å²) in [5, 5.41) is 22.0. The molecule has 13 heteroatoms. The number of primary amides is 1. The lowest BCUT2D eigenvalue weighted by Gasteiger charge is -2.42. The molecule has 1 aliphatic heterocycles. The van der Waals surface area contributed by atoms with Crippen molar-refractivity contribution in [2.45, 2.75) is 36.9 Å². The number of nitrogens with two attached hydrogens (primary N) is 2. The SMILES string of the molecule is COc1ccccc1C1C(C#N)=C(N)N(c2nnc(SCC(=O)Nc3ccccc3C(N)=O)s2)C2=C1C(=O)CC(C)(C)C2. The molecule has 1 atom stereocenters. The fourth-order valence-corrected chi connectivity index (χ4v) is 7.10. The predicted octanol–water partition coefficient (Wildman–Crippen LogP) is 4.32. The molecule has 220 valence electrons. The number of thioether (sulfide) groups is 1. The van der Waals surface area contributed by atoms with E-state index in [9.17, 15) is 19.6 Å². The van der Waals surface area contributed by atoms with Gasteiger partial charge in [-0.25, -0.2) is 0 Å². The molecule has 11 nitrogen and oxygen atoms in total. The molecule has 2 heterocycles. The van der Waals surface area contributed by atoms with E-state index >= 15 is 0 Å². The molecule has 5 rings (SSSR count). The van der Waals surface area contributed by atoms with Gasteiger partial charge in [0.2, 0.25) is 11.0 Å². The van der Waals surface area contributed by atoms with E-state index in [0.717, 1.165) is 11.8 Å². The number of amides is 2. The number of nitrogens with one attached hydrogen (secondary N) is 1. The van der Waals surface area contributed by atoms with Crippen LogP contribution in [0.4, 0.5) is 10.8 Å². The van der Waals surface area contributed by atoms with Crippen molar-refractivity contribution in [3.63, 3.8) is 0 Å². The van der Waals surface area contributed by atoms with Gasteiger partial charge in [0.1, 0.15) is 11.6 Å². The average Bonchev–Trinajstić information content (AvgIpc) is 3.43. The number of carbonyl (C=O) groups is 3. The smallest absolute Gasteiger partial charge is 0.250 e. The van der Waals surface area contributed by atoms with Crippen LogP contribution in [0.5, 0.6) is 5.75 Å². The molecule has 1 aliphatic carbocycles. The van der Waals surface area contributed by atoms with Gasteiger partial charge in [-0.2, -0.15) is 5.26 Å². The van der Waals surface area contributed by atoms with E-state index in [4.69, 9.17) is 16.2 Å². The van der Waals surface area contributed by atoms with Crippen molar-refractivity contribution in [1.29, 1.82) is 5.26 Å². The molecule has 2 aliphatic rings. The van der Waals surface area contributed by atoms with Crippen molar-refractivity contribution in [1.82, 2.24) is 10.2 Å². The van der Waals surface area contributed by atoms with Crippen LogP contribution in [0.2, 0.25) is 0 Å². The normalized spacial score (nSPS) is 17.8. The maximum Gasteiger partial charge on any atom is 0.250 e. The fraction of sp³-hybridized carbons (Fsp3) is 0.267. The van der Waals surface area contributed by atoms with Gasteiger partial charge in [0, 0.05) is 23.3 Å². The molecule has 0 saturated heterocycles. The van der Waals surface area contributed by atoms with Crippen LogP contribution >= 0.6 is 23.1 Å². The molecule has 0 radical (unpaired) electrons. The molecule has 1 aromatic heterocycles. The first kappa shape index (κ1) is 29.8. The number of hydrogen-bond donors (Lipinski definition) is 3. The van der Waals surface area contributed by atoms with Gasteiger partial charge in [0.25, 0.3) is 5.91 Å². The Morgan fingerprint density at radius 1 is 1.19 bits per heavy atom. The summed E-state index contributed by atoms with van der Waals surface area (Å²) in [5.74, 6) is -1.06. The Hall–Kier alpha value is -4.67. The lowest BCUT2D eigenvalue weighted by molar-refractivity contribution is -0.118. The van der Waals surface area contributed by atoms with Crippen LogP contribution in [0, 0.1) is 16.7 Å². The number of hydrogen-bond acceptors (Lipinski definition) is 11. The minimum absolute atomic E-state index is 0.00810. The van der Waals surface area contributed by atoms with Gasteiger partial charge in [0.15, 0.2) is 10.1 Å². The van der Waals surface area contributed by atoms with E-state index in [1.54, 1.807) is 36.3 Å². The molecular formula is C30H29N7O4S2. The minimum atomic E-state index is -0.690. The van der Waals surface area contributed by atoms with Crippen LogP contribution in [-0.4, -0.2) is 40.7 Å². The highest BCUT2D eigenvalue weighted by Crippen LogP contribution is 2.52. The Morgan fingerprint density at radius 3 is 2.63 bits per heavy atom. The van der Waals surface area contributed by atoms with Crippen molar-refractivity contribution < 1.29 is 19.1 Å². The van der Waals surface area contributed by atoms with Crippen molar-refractivity contribution in [3.8, 4) is 11.8 Å². The van der Waals surface area contributed by atoms with Crippen molar-refractivity contribution in [2.24, 2.45) is 16.9 Å². The average molecular weight is 616 g/mol. The van der Waals surface area contributed by atoms with Gasteiger partial charge in [-0.05, 0) is 30.0 Å². The van der Waals surface area contributed by atoms with E-state index in [2.05, 4.69) is 21.6 Å². The molecule has 0 bridgehead atoms. The second kappa shape index (κ2) is 11.9. The quantitative estimate of drug-likeness (QED) is 0.309. The Balaban J connectivity index is 1.47. The number of methoxy groups -OCH3 is 1. The van der Waals surface area contributed by atoms with Crippen molar-refractivity contribution >= 4 is 51.5 Å². The molecule has 2 aromatic carbocycles. The monoisotopic (exact) mass is 615 g/mol. The number of Topliss-reactive ketones (excluding diaryl/α,β-unsaturated/α-hetero) is 1. The van der Waals surface area contributed by atoms with Crippen LogP contribution in [-0.2, 0) is 9.59 Å². The minimum Gasteiger partial charge on any atom is -0.496 e. The van der Waals surface area contributed by atoms with Crippen LogP contribution in [0.3, 0.4) is 0 Å². The van der Waals surface area contributed by atoms with Crippen LogP contribution in [0.15, 0.2) is 75.5 Å². The Labute approximate surface area is 256 Å². The van der Waals surface area contributed by atoms with Crippen LogP contribution in [0.25, 0.3) is 0 Å². The first-order valence-corrected chi connectivity index (χ1v) is 15.1. The zero-order valence-corrected chi connectivity index (χ0v) is 25.3. The van der Waals surface area contributed by atoms with Gasteiger partial charge in [-0.1, -0.05) is 67.3 Å². The third kappa shape index (κ3) is 5.84. The van der Waals surface area contributed by atoms with Gasteiger partial charge >= 0.3 is 0 Å². The second-order valence-corrected chi connectivity index (χ2v) is 13.0. The number of rotatable bonds is 8. The zero-order valence-electron chi connectivity index (χ0n) is 23.7. The van der Waals surface area contributed by atoms with Crippen molar-refractivity contribution in [3.05, 3.63) is 82.3 Å². The van der Waals surface area contributed by atoms with Crippen LogP contribution in [0.1, 0.15) is 48.5 Å². The molecule has 5 N–H and O–H groups in total. The Kier molecular flexibility index (Phi) is 8.25. The molecule has 3 aromatic rings. The van der Waals surface area contributed by atoms with Crippen LogP contribution < -0.4 is 26.4 Å². The van der Waals surface area contributed by atoms with Gasteiger partial charge in [-0.3, -0.25) is 19.3 Å². The largest absolute Gasteiger partial charge is 0.496 e. The Bertz CT molecular complexity index is 1740. The lowest BCUT2D eigenvalue weighted by Crippen LogP contribution is -2.42. The maximum atomic E-state index is 13.8. The van der Waals surface area contributed by atoms with E-state index in [-0.39, 0.29) is 39.8 Å². The van der Waals surface area contributed by atoms with Gasteiger partial charge < -0.3 is 21.5 Å². The highest BCUT2D eigenvalue weighted by atomic mass is 32.2. The van der Waals surface area contributed by atoms with E-state index < -0.39 is 11.8 Å². The number of aromatic nitrogens is 2.